The third kappa shape index (κ3) is 4.64. The lowest BCUT2D eigenvalue weighted by molar-refractivity contribution is -0.0291. The van der Waals surface area contributed by atoms with Gasteiger partial charge in [-0.2, -0.15) is 0 Å². The fourth-order valence-corrected chi connectivity index (χ4v) is 3.95. The second-order valence-electron chi connectivity index (χ2n) is 5.90. The molecule has 1 unspecified atom stereocenters. The fourth-order valence-electron chi connectivity index (χ4n) is 2.85. The average molecular weight is 364 g/mol. The Kier molecular flexibility index (Phi) is 5.80. The topological polar surface area (TPSA) is 58.6 Å². The second-order valence-corrected chi connectivity index (χ2v) is 7.63. The molecule has 0 amide bonds. The highest BCUT2D eigenvalue weighted by Gasteiger charge is 2.23. The van der Waals surface area contributed by atoms with E-state index in [9.17, 15) is 12.8 Å². The molecule has 1 atom stereocenters. The van der Waals surface area contributed by atoms with Gasteiger partial charge >= 0.3 is 0 Å². The largest absolute Gasteiger partial charge is 0.371 e. The number of morpholine rings is 1. The molecule has 3 rings (SSSR count). The summed E-state index contributed by atoms with van der Waals surface area (Å²) in [4.78, 5) is 1.82. The number of nitrogens with one attached hydrogen (secondary N) is 1. The molecule has 0 aromatic heterocycles. The van der Waals surface area contributed by atoms with Crippen LogP contribution in [-0.2, 0) is 14.8 Å². The summed E-state index contributed by atoms with van der Waals surface area (Å²) in [6.07, 6.45) is -0.0156. The van der Waals surface area contributed by atoms with Crippen LogP contribution in [0.15, 0.2) is 59.5 Å². The summed E-state index contributed by atoms with van der Waals surface area (Å²) in [6.45, 7) is 2.80. The van der Waals surface area contributed by atoms with Crippen LogP contribution in [-0.4, -0.2) is 46.1 Å². The molecule has 0 aliphatic carbocycles. The highest BCUT2D eigenvalue weighted by atomic mass is 32.2. The molecule has 0 spiro atoms. The highest BCUT2D eigenvalue weighted by Crippen LogP contribution is 2.21. The molecule has 0 bridgehead atoms. The van der Waals surface area contributed by atoms with Crippen LogP contribution in [0.1, 0.15) is 11.7 Å². The number of benzene rings is 2. The number of ether oxygens (including phenoxy) is 1. The van der Waals surface area contributed by atoms with Gasteiger partial charge in [-0.1, -0.05) is 42.5 Å². The monoisotopic (exact) mass is 364 g/mol. The molecule has 1 heterocycles. The van der Waals surface area contributed by atoms with Gasteiger partial charge < -0.3 is 4.74 Å². The van der Waals surface area contributed by atoms with Gasteiger partial charge in [-0.25, -0.2) is 17.5 Å². The molecular formula is C18H21FN2O3S. The third-order valence-electron chi connectivity index (χ3n) is 4.17. The quantitative estimate of drug-likeness (QED) is 0.854. The Hall–Kier alpha value is -1.80. The highest BCUT2D eigenvalue weighted by molar-refractivity contribution is 7.89. The lowest BCUT2D eigenvalue weighted by Gasteiger charge is -2.33. The molecule has 1 aliphatic heterocycles. The summed E-state index contributed by atoms with van der Waals surface area (Å²) in [5.74, 6) is -0.745. The van der Waals surface area contributed by atoms with E-state index in [2.05, 4.69) is 9.62 Å². The zero-order chi connectivity index (χ0) is 17.7. The Bertz CT molecular complexity index is 799. The van der Waals surface area contributed by atoms with E-state index >= 15 is 0 Å². The third-order valence-corrected chi connectivity index (χ3v) is 5.66. The predicted molar refractivity (Wildman–Crippen MR) is 93.2 cm³/mol. The van der Waals surface area contributed by atoms with Crippen LogP contribution in [0.25, 0.3) is 0 Å². The van der Waals surface area contributed by atoms with Crippen molar-refractivity contribution in [2.45, 2.75) is 11.0 Å². The van der Waals surface area contributed by atoms with Crippen LogP contribution in [0.4, 0.5) is 4.39 Å². The van der Waals surface area contributed by atoms with E-state index in [4.69, 9.17) is 4.74 Å². The minimum absolute atomic E-state index is 0.0156. The fraction of sp³-hybridized carbons (Fsp3) is 0.333. The maximum absolute atomic E-state index is 13.7. The van der Waals surface area contributed by atoms with Crippen molar-refractivity contribution in [3.8, 4) is 0 Å². The van der Waals surface area contributed by atoms with Gasteiger partial charge in [0.1, 0.15) is 10.7 Å². The number of sulfonamides is 1. The summed E-state index contributed by atoms with van der Waals surface area (Å²) < 4.78 is 46.3. The van der Waals surface area contributed by atoms with Crippen LogP contribution in [0.3, 0.4) is 0 Å². The Morgan fingerprint density at radius 1 is 1.12 bits per heavy atom. The second kappa shape index (κ2) is 8.05. The van der Waals surface area contributed by atoms with E-state index in [-0.39, 0.29) is 17.5 Å². The smallest absolute Gasteiger partial charge is 0.243 e. The maximum atomic E-state index is 13.7. The molecule has 25 heavy (non-hydrogen) atoms. The lowest BCUT2D eigenvalue weighted by atomic mass is 10.1. The van der Waals surface area contributed by atoms with Crippen LogP contribution in [0, 0.1) is 5.82 Å². The van der Waals surface area contributed by atoms with Crippen LogP contribution in [0.5, 0.6) is 0 Å². The molecule has 1 saturated heterocycles. The first kappa shape index (κ1) is 18.0. The Balaban J connectivity index is 1.54. The summed E-state index contributed by atoms with van der Waals surface area (Å²) in [5, 5.41) is 0. The number of halogens is 1. The molecule has 1 fully saturated rings. The van der Waals surface area contributed by atoms with Crippen molar-refractivity contribution in [2.24, 2.45) is 0 Å². The van der Waals surface area contributed by atoms with Crippen molar-refractivity contribution in [3.05, 3.63) is 66.0 Å². The van der Waals surface area contributed by atoms with Crippen molar-refractivity contribution >= 4 is 10.0 Å². The Morgan fingerprint density at radius 3 is 2.60 bits per heavy atom. The maximum Gasteiger partial charge on any atom is 0.243 e. The van der Waals surface area contributed by atoms with Crippen LogP contribution >= 0.6 is 0 Å². The number of nitrogens with zero attached hydrogens (tertiary/aromatic N) is 1. The normalized spacial score (nSPS) is 19.0. The van der Waals surface area contributed by atoms with E-state index in [1.54, 1.807) is 0 Å². The molecule has 134 valence electrons. The molecule has 0 radical (unpaired) electrons. The van der Waals surface area contributed by atoms with E-state index in [1.807, 2.05) is 30.3 Å². The van der Waals surface area contributed by atoms with Gasteiger partial charge in [0.25, 0.3) is 0 Å². The van der Waals surface area contributed by atoms with Crippen molar-refractivity contribution in [1.82, 2.24) is 9.62 Å². The minimum atomic E-state index is -3.84. The first-order valence-electron chi connectivity index (χ1n) is 8.19. The van der Waals surface area contributed by atoms with E-state index in [0.717, 1.165) is 18.2 Å². The molecule has 2 aromatic rings. The van der Waals surface area contributed by atoms with E-state index in [1.165, 1.54) is 18.2 Å². The van der Waals surface area contributed by atoms with Crippen molar-refractivity contribution in [3.63, 3.8) is 0 Å². The number of rotatable bonds is 6. The van der Waals surface area contributed by atoms with Gasteiger partial charge in [-0.05, 0) is 17.7 Å². The molecule has 0 saturated carbocycles. The van der Waals surface area contributed by atoms with E-state index < -0.39 is 15.8 Å². The lowest BCUT2D eigenvalue weighted by Crippen LogP contribution is -2.42. The number of hydrogen-bond donors (Lipinski definition) is 1. The van der Waals surface area contributed by atoms with Gasteiger partial charge in [-0.3, -0.25) is 4.90 Å². The summed E-state index contributed by atoms with van der Waals surface area (Å²) >= 11 is 0. The van der Waals surface area contributed by atoms with Gasteiger partial charge in [0, 0.05) is 26.2 Å². The standard InChI is InChI=1S/C18H21FN2O3S/c19-16-8-4-5-9-18(16)25(22,23)20-10-11-21-12-13-24-17(14-21)15-6-2-1-3-7-15/h1-9,17,20H,10-14H2. The molecule has 1 aliphatic rings. The Morgan fingerprint density at radius 2 is 1.84 bits per heavy atom. The number of hydrogen-bond acceptors (Lipinski definition) is 4. The van der Waals surface area contributed by atoms with Gasteiger partial charge in [0.2, 0.25) is 10.0 Å². The van der Waals surface area contributed by atoms with Crippen LogP contribution in [0.2, 0.25) is 0 Å². The summed E-state index contributed by atoms with van der Waals surface area (Å²) in [7, 11) is -3.84. The van der Waals surface area contributed by atoms with E-state index in [0.29, 0.717) is 19.7 Å². The summed E-state index contributed by atoms with van der Waals surface area (Å²) in [5.41, 5.74) is 1.11. The average Bonchev–Trinajstić information content (AvgIpc) is 2.63. The molecule has 5 nitrogen and oxygen atoms in total. The molecular weight excluding hydrogens is 343 g/mol. The van der Waals surface area contributed by atoms with Crippen molar-refractivity contribution in [1.29, 1.82) is 0 Å². The molecule has 7 heteroatoms. The zero-order valence-electron chi connectivity index (χ0n) is 13.8. The SMILES string of the molecule is O=S(=O)(NCCN1CCOC(c2ccccc2)C1)c1ccccc1F. The van der Waals surface area contributed by atoms with Crippen LogP contribution < -0.4 is 4.72 Å². The van der Waals surface area contributed by atoms with Crippen molar-refractivity contribution in [2.75, 3.05) is 32.8 Å². The van der Waals surface area contributed by atoms with Gasteiger partial charge in [0.15, 0.2) is 0 Å². The molecule has 2 aromatic carbocycles. The van der Waals surface area contributed by atoms with Crippen molar-refractivity contribution < 1.29 is 17.5 Å². The summed E-state index contributed by atoms with van der Waals surface area (Å²) in [6, 6.07) is 15.3. The van der Waals surface area contributed by atoms with Gasteiger partial charge in [0.05, 0.1) is 12.7 Å². The predicted octanol–water partition coefficient (Wildman–Crippen LogP) is 2.18. The first-order chi connectivity index (χ1) is 12.1. The van der Waals surface area contributed by atoms with Gasteiger partial charge in [-0.15, -0.1) is 0 Å². The zero-order valence-corrected chi connectivity index (χ0v) is 14.6. The molecule has 1 N–H and O–H groups in total. The minimum Gasteiger partial charge on any atom is -0.371 e. The first-order valence-corrected chi connectivity index (χ1v) is 9.68. The Labute approximate surface area is 147 Å².